The van der Waals surface area contributed by atoms with Gasteiger partial charge in [-0.25, -0.2) is 0 Å². The number of rotatable bonds is 5. The molecule has 0 N–H and O–H groups in total. The van der Waals surface area contributed by atoms with Crippen molar-refractivity contribution in [2.75, 3.05) is 44.4 Å². The number of hydrogen-bond acceptors (Lipinski definition) is 6. The summed E-state index contributed by atoms with van der Waals surface area (Å²) >= 11 is 5.65. The summed E-state index contributed by atoms with van der Waals surface area (Å²) in [5.41, 5.74) is 10.9. The third kappa shape index (κ3) is 3.42. The molecule has 2 aromatic rings. The van der Waals surface area contributed by atoms with Gasteiger partial charge in [-0.3, -0.25) is 14.5 Å². The van der Waals surface area contributed by atoms with Crippen LogP contribution >= 0.6 is 11.6 Å². The molecule has 10 heteroatoms. The predicted octanol–water partition coefficient (Wildman–Crippen LogP) is 2.73. The van der Waals surface area contributed by atoms with Crippen molar-refractivity contribution >= 4 is 33.4 Å². The zero-order chi connectivity index (χ0) is 20.5. The number of azide groups is 1. The minimum atomic E-state index is -0.744. The lowest BCUT2D eigenvalue weighted by atomic mass is 10.0. The molecule has 152 valence electrons. The van der Waals surface area contributed by atoms with Crippen molar-refractivity contribution in [1.82, 2.24) is 9.47 Å². The van der Waals surface area contributed by atoms with Crippen molar-refractivity contribution in [1.29, 1.82) is 0 Å². The third-order valence-electron chi connectivity index (χ3n) is 5.56. The van der Waals surface area contributed by atoms with E-state index in [9.17, 15) is 9.59 Å². The number of aryl methyl sites for hydroxylation is 1. The third-order valence-corrected chi connectivity index (χ3v) is 5.76. The van der Waals surface area contributed by atoms with Crippen molar-refractivity contribution in [3.8, 4) is 5.75 Å². The number of carbonyl (C=O) groups is 1. The summed E-state index contributed by atoms with van der Waals surface area (Å²) in [4.78, 5) is 31.8. The maximum atomic E-state index is 12.9. The summed E-state index contributed by atoms with van der Waals surface area (Å²) in [5.74, 6) is 0.694. The van der Waals surface area contributed by atoms with Crippen LogP contribution in [0.1, 0.15) is 22.8 Å². The van der Waals surface area contributed by atoms with E-state index in [-0.39, 0.29) is 11.0 Å². The lowest BCUT2D eigenvalue weighted by Gasteiger charge is -2.38. The molecule has 1 aromatic carbocycles. The molecule has 0 radical (unpaired) electrons. The number of pyridine rings is 1. The van der Waals surface area contributed by atoms with Gasteiger partial charge in [0.05, 0.1) is 35.4 Å². The number of benzene rings is 1. The van der Waals surface area contributed by atoms with Crippen LogP contribution in [0, 0.1) is 0 Å². The van der Waals surface area contributed by atoms with Crippen LogP contribution in [0.15, 0.2) is 22.2 Å². The normalized spacial score (nSPS) is 16.4. The number of piperazine rings is 1. The summed E-state index contributed by atoms with van der Waals surface area (Å²) in [6.45, 7) is 6.46. The fourth-order valence-corrected chi connectivity index (χ4v) is 4.25. The van der Waals surface area contributed by atoms with Crippen LogP contribution in [-0.4, -0.2) is 54.2 Å². The van der Waals surface area contributed by atoms with Crippen molar-refractivity contribution < 1.29 is 9.53 Å². The van der Waals surface area contributed by atoms with E-state index in [4.69, 9.17) is 21.9 Å². The first-order chi connectivity index (χ1) is 14.0. The number of halogens is 1. The van der Waals surface area contributed by atoms with E-state index in [1.165, 1.54) is 0 Å². The molecule has 0 amide bonds. The molecule has 29 heavy (non-hydrogen) atoms. The SMILES string of the molecule is CCc1cc2c(=O)c(C(=O)Cl)cn3c2c(c1N1CCN(CN=[N+]=[N-])CC1)OCC3. The fourth-order valence-electron chi connectivity index (χ4n) is 4.12. The molecule has 1 aromatic heterocycles. The number of ether oxygens (including phenoxy) is 1. The maximum absolute atomic E-state index is 12.9. The molecule has 1 fully saturated rings. The molecular weight excluding hydrogens is 396 g/mol. The molecular formula is C19H21ClN6O3. The van der Waals surface area contributed by atoms with Gasteiger partial charge in [-0.1, -0.05) is 12.0 Å². The second-order valence-corrected chi connectivity index (χ2v) is 7.47. The summed E-state index contributed by atoms with van der Waals surface area (Å²) in [6, 6.07) is 1.87. The highest BCUT2D eigenvalue weighted by atomic mass is 35.5. The topological polar surface area (TPSA) is 104 Å². The van der Waals surface area contributed by atoms with Gasteiger partial charge in [0.1, 0.15) is 6.61 Å². The summed E-state index contributed by atoms with van der Waals surface area (Å²) < 4.78 is 7.96. The van der Waals surface area contributed by atoms with Crippen LogP contribution in [0.3, 0.4) is 0 Å². The van der Waals surface area contributed by atoms with Crippen molar-refractivity contribution in [2.24, 2.45) is 5.11 Å². The first kappa shape index (κ1) is 19.6. The molecule has 1 saturated heterocycles. The minimum absolute atomic E-state index is 0.00604. The standard InChI is InChI=1S/C19H21ClN6O3/c1-2-12-9-13-16-18(15(12)25-5-3-24(4-6-25)11-22-23-21)29-8-7-26(16)10-14(17(13)27)19(20)28/h9-10H,2-8,11H2,1H3. The number of anilines is 1. The van der Waals surface area contributed by atoms with Crippen LogP contribution in [0.2, 0.25) is 0 Å². The molecule has 0 atom stereocenters. The summed E-state index contributed by atoms with van der Waals surface area (Å²) in [6.07, 6.45) is 2.26. The number of carbonyl (C=O) groups excluding carboxylic acids is 1. The van der Waals surface area contributed by atoms with Gasteiger partial charge < -0.3 is 14.2 Å². The summed E-state index contributed by atoms with van der Waals surface area (Å²) in [5, 5.41) is 3.36. The Balaban J connectivity index is 1.83. The molecule has 3 heterocycles. The Morgan fingerprint density at radius 2 is 2.07 bits per heavy atom. The Morgan fingerprint density at radius 1 is 1.31 bits per heavy atom. The molecule has 9 nitrogen and oxygen atoms in total. The van der Waals surface area contributed by atoms with Gasteiger partial charge in [-0.05, 0) is 35.2 Å². The Bertz CT molecular complexity index is 1080. The predicted molar refractivity (Wildman–Crippen MR) is 111 cm³/mol. The minimum Gasteiger partial charge on any atom is -0.487 e. The zero-order valence-electron chi connectivity index (χ0n) is 16.1. The molecule has 4 rings (SSSR count). The maximum Gasteiger partial charge on any atom is 0.257 e. The molecule has 2 aliphatic rings. The van der Waals surface area contributed by atoms with E-state index >= 15 is 0 Å². The Morgan fingerprint density at radius 3 is 2.72 bits per heavy atom. The van der Waals surface area contributed by atoms with Gasteiger partial charge in [0.2, 0.25) is 5.43 Å². The first-order valence-corrected chi connectivity index (χ1v) is 9.96. The van der Waals surface area contributed by atoms with Crippen molar-refractivity contribution in [2.45, 2.75) is 19.9 Å². The largest absolute Gasteiger partial charge is 0.487 e. The van der Waals surface area contributed by atoms with Gasteiger partial charge in [0.25, 0.3) is 5.24 Å². The van der Waals surface area contributed by atoms with Gasteiger partial charge in [0, 0.05) is 37.3 Å². The molecule has 0 saturated carbocycles. The second kappa shape index (κ2) is 7.94. The molecule has 0 spiro atoms. The zero-order valence-corrected chi connectivity index (χ0v) is 16.9. The smallest absolute Gasteiger partial charge is 0.257 e. The monoisotopic (exact) mass is 416 g/mol. The molecule has 2 aliphatic heterocycles. The lowest BCUT2D eigenvalue weighted by Crippen LogP contribution is -2.46. The van der Waals surface area contributed by atoms with Crippen molar-refractivity contribution in [3.05, 3.63) is 44.1 Å². The van der Waals surface area contributed by atoms with Crippen molar-refractivity contribution in [3.63, 3.8) is 0 Å². The van der Waals surface area contributed by atoms with E-state index in [1.807, 2.05) is 17.6 Å². The molecule has 0 unspecified atom stereocenters. The summed E-state index contributed by atoms with van der Waals surface area (Å²) in [7, 11) is 0. The van der Waals surface area contributed by atoms with Gasteiger partial charge in [-0.15, -0.1) is 0 Å². The quantitative estimate of drug-likeness (QED) is 0.322. The Labute approximate surface area is 172 Å². The number of nitrogens with zero attached hydrogens (tertiary/aromatic N) is 6. The lowest BCUT2D eigenvalue weighted by molar-refractivity contribution is 0.107. The average molecular weight is 417 g/mol. The van der Waals surface area contributed by atoms with Gasteiger partial charge >= 0.3 is 0 Å². The van der Waals surface area contributed by atoms with Crippen LogP contribution in [0.5, 0.6) is 5.75 Å². The highest BCUT2D eigenvalue weighted by Crippen LogP contribution is 2.41. The second-order valence-electron chi connectivity index (χ2n) is 7.13. The van der Waals surface area contributed by atoms with Gasteiger partial charge in [-0.2, -0.15) is 0 Å². The van der Waals surface area contributed by atoms with Crippen LogP contribution in [-0.2, 0) is 13.0 Å². The van der Waals surface area contributed by atoms with Gasteiger partial charge in [0.15, 0.2) is 5.75 Å². The fraction of sp³-hybridized carbons (Fsp3) is 0.474. The highest BCUT2D eigenvalue weighted by molar-refractivity contribution is 6.67. The van der Waals surface area contributed by atoms with E-state index in [0.29, 0.717) is 36.5 Å². The Hall–Kier alpha value is -2.74. The average Bonchev–Trinajstić information content (AvgIpc) is 2.74. The molecule has 0 aliphatic carbocycles. The highest BCUT2D eigenvalue weighted by Gasteiger charge is 2.28. The van der Waals surface area contributed by atoms with Crippen LogP contribution in [0.25, 0.3) is 21.3 Å². The van der Waals surface area contributed by atoms with Crippen LogP contribution in [0.4, 0.5) is 5.69 Å². The Kier molecular flexibility index (Phi) is 5.36. The molecule has 0 bridgehead atoms. The van der Waals surface area contributed by atoms with E-state index in [2.05, 4.69) is 19.8 Å². The van der Waals surface area contributed by atoms with Crippen LogP contribution < -0.4 is 15.1 Å². The number of aromatic nitrogens is 1. The van der Waals surface area contributed by atoms with E-state index in [1.54, 1.807) is 6.20 Å². The van der Waals surface area contributed by atoms with E-state index in [0.717, 1.165) is 43.9 Å². The number of hydrogen-bond donors (Lipinski definition) is 0. The van der Waals surface area contributed by atoms with E-state index < -0.39 is 5.24 Å². The first-order valence-electron chi connectivity index (χ1n) is 9.59.